The molecule has 1 N–H and O–H groups in total. The van der Waals surface area contributed by atoms with Crippen molar-refractivity contribution in [3.8, 4) is 0 Å². The first-order valence-corrected chi connectivity index (χ1v) is 16.3. The molecule has 0 heterocycles. The number of Topliss-reactive ketones (excluding diaryl/α,β-unsaturated/α-hetero) is 2. The Bertz CT molecular complexity index is 474. The van der Waals surface area contributed by atoms with E-state index >= 15 is 0 Å². The lowest BCUT2D eigenvalue weighted by Gasteiger charge is -2.09. The monoisotopic (exact) mass is 508 g/mol. The van der Waals surface area contributed by atoms with Crippen molar-refractivity contribution < 1.29 is 14.7 Å². The van der Waals surface area contributed by atoms with Gasteiger partial charge in [-0.15, -0.1) is 0 Å². The van der Waals surface area contributed by atoms with Gasteiger partial charge in [0.15, 0.2) is 0 Å². The van der Waals surface area contributed by atoms with Crippen LogP contribution in [0.15, 0.2) is 0 Å². The van der Waals surface area contributed by atoms with Gasteiger partial charge >= 0.3 is 0 Å². The van der Waals surface area contributed by atoms with Crippen LogP contribution in [0.1, 0.15) is 194 Å². The Labute approximate surface area is 226 Å². The molecule has 3 nitrogen and oxygen atoms in total. The van der Waals surface area contributed by atoms with Gasteiger partial charge in [0.25, 0.3) is 0 Å². The Morgan fingerprint density at radius 2 is 0.750 bits per heavy atom. The van der Waals surface area contributed by atoms with Crippen LogP contribution in [0, 0.1) is 0 Å². The van der Waals surface area contributed by atoms with Crippen molar-refractivity contribution in [3.63, 3.8) is 0 Å². The molecule has 0 aliphatic rings. The summed E-state index contributed by atoms with van der Waals surface area (Å²) >= 11 is 0. The van der Waals surface area contributed by atoms with Gasteiger partial charge in [0.2, 0.25) is 0 Å². The molecule has 0 aliphatic carbocycles. The van der Waals surface area contributed by atoms with Gasteiger partial charge in [-0.3, -0.25) is 9.59 Å². The smallest absolute Gasteiger partial charge is 0.140 e. The molecular formula is C33H64O3. The molecule has 0 rings (SSSR count). The molecule has 1 atom stereocenters. The maximum absolute atomic E-state index is 12.1. The number of carbonyl (C=O) groups excluding carboxylic acids is 2. The summed E-state index contributed by atoms with van der Waals surface area (Å²) in [5, 5.41) is 9.85. The van der Waals surface area contributed by atoms with E-state index in [4.69, 9.17) is 0 Å². The minimum absolute atomic E-state index is 0.120. The van der Waals surface area contributed by atoms with Crippen molar-refractivity contribution in [2.24, 2.45) is 0 Å². The second-order valence-corrected chi connectivity index (χ2v) is 11.4. The highest BCUT2D eigenvalue weighted by atomic mass is 16.3. The molecule has 0 amide bonds. The maximum Gasteiger partial charge on any atom is 0.140 e. The van der Waals surface area contributed by atoms with Gasteiger partial charge in [0.05, 0.1) is 12.5 Å². The van der Waals surface area contributed by atoms with E-state index in [0.29, 0.717) is 12.8 Å². The Hall–Kier alpha value is -0.700. The molecule has 36 heavy (non-hydrogen) atoms. The Morgan fingerprint density at radius 1 is 0.444 bits per heavy atom. The second-order valence-electron chi connectivity index (χ2n) is 11.4. The predicted molar refractivity (Wildman–Crippen MR) is 157 cm³/mol. The van der Waals surface area contributed by atoms with Crippen LogP contribution in [0.4, 0.5) is 0 Å². The van der Waals surface area contributed by atoms with Gasteiger partial charge in [-0.2, -0.15) is 0 Å². The summed E-state index contributed by atoms with van der Waals surface area (Å²) in [5.41, 5.74) is 0. The minimum atomic E-state index is -0.154. The van der Waals surface area contributed by atoms with Gasteiger partial charge < -0.3 is 5.11 Å². The number of hydrogen-bond acceptors (Lipinski definition) is 3. The van der Waals surface area contributed by atoms with Crippen molar-refractivity contribution in [2.45, 2.75) is 200 Å². The number of carbonyl (C=O) groups is 2. The molecule has 3 heteroatoms. The summed E-state index contributed by atoms with van der Waals surface area (Å²) in [6.07, 6.45) is 32.0. The van der Waals surface area contributed by atoms with Crippen molar-refractivity contribution in [1.82, 2.24) is 0 Å². The van der Waals surface area contributed by atoms with E-state index in [2.05, 4.69) is 13.8 Å². The highest BCUT2D eigenvalue weighted by Gasteiger charge is 2.09. The number of rotatable bonds is 30. The van der Waals surface area contributed by atoms with E-state index in [0.717, 1.165) is 64.2 Å². The van der Waals surface area contributed by atoms with Crippen LogP contribution in [0.5, 0.6) is 0 Å². The quantitative estimate of drug-likeness (QED) is 0.0775. The van der Waals surface area contributed by atoms with Crippen LogP contribution in [0.25, 0.3) is 0 Å². The van der Waals surface area contributed by atoms with E-state index in [1.807, 2.05) is 0 Å². The van der Waals surface area contributed by atoms with Crippen molar-refractivity contribution in [3.05, 3.63) is 0 Å². The molecule has 0 fully saturated rings. The Balaban J connectivity index is 3.32. The first kappa shape index (κ1) is 35.3. The Kier molecular flexibility index (Phi) is 28.3. The standard InChI is InChI=1S/C33H64O3/c1-3-5-7-8-9-10-11-12-13-14-15-16-17-18-19-20-24-28-32(35)30-33(36)29-25-22-21-23-27-31(34)26-6-4-2/h31,34H,3-30H2,1-2H3/t31-/m0/s1. The molecule has 0 radical (unpaired) electrons. The van der Waals surface area contributed by atoms with Gasteiger partial charge in [-0.05, 0) is 25.7 Å². The lowest BCUT2D eigenvalue weighted by Crippen LogP contribution is -2.08. The highest BCUT2D eigenvalue weighted by Crippen LogP contribution is 2.15. The van der Waals surface area contributed by atoms with Crippen LogP contribution < -0.4 is 0 Å². The summed E-state index contributed by atoms with van der Waals surface area (Å²) in [5.74, 6) is 0.259. The molecule has 0 unspecified atom stereocenters. The topological polar surface area (TPSA) is 54.4 Å². The van der Waals surface area contributed by atoms with Gasteiger partial charge in [-0.1, -0.05) is 149 Å². The lowest BCUT2D eigenvalue weighted by atomic mass is 10.0. The first-order valence-electron chi connectivity index (χ1n) is 16.3. The van der Waals surface area contributed by atoms with Crippen LogP contribution in [-0.4, -0.2) is 22.8 Å². The maximum atomic E-state index is 12.1. The minimum Gasteiger partial charge on any atom is -0.393 e. The third-order valence-electron chi connectivity index (χ3n) is 7.59. The molecule has 214 valence electrons. The number of ketones is 2. The molecule has 0 spiro atoms. The highest BCUT2D eigenvalue weighted by molar-refractivity contribution is 5.98. The molecule has 0 saturated heterocycles. The fraction of sp³-hybridized carbons (Fsp3) is 0.939. The molecule has 0 saturated carbocycles. The predicted octanol–water partition coefficient (Wildman–Crippen LogP) is 10.4. The summed E-state index contributed by atoms with van der Waals surface area (Å²) in [4.78, 5) is 24.1. The van der Waals surface area contributed by atoms with E-state index in [9.17, 15) is 14.7 Å². The molecule has 0 aromatic heterocycles. The number of aliphatic hydroxyl groups excluding tert-OH is 1. The third-order valence-corrected chi connectivity index (χ3v) is 7.59. The summed E-state index contributed by atoms with van der Waals surface area (Å²) in [6, 6.07) is 0. The molecule has 0 aliphatic heterocycles. The zero-order valence-corrected chi connectivity index (χ0v) is 24.6. The van der Waals surface area contributed by atoms with E-state index in [1.165, 1.54) is 96.3 Å². The van der Waals surface area contributed by atoms with Crippen molar-refractivity contribution in [2.75, 3.05) is 0 Å². The SMILES string of the molecule is CCCCCCCCCCCCCCCCCCCC(=O)CC(=O)CCCCCC[C@@H](O)CCCC. The Morgan fingerprint density at radius 3 is 1.14 bits per heavy atom. The van der Waals surface area contributed by atoms with Crippen LogP contribution >= 0.6 is 0 Å². The number of hydrogen-bond donors (Lipinski definition) is 1. The largest absolute Gasteiger partial charge is 0.393 e. The van der Waals surface area contributed by atoms with Gasteiger partial charge in [0, 0.05) is 12.8 Å². The third kappa shape index (κ3) is 27.9. The zero-order chi connectivity index (χ0) is 26.5. The van der Waals surface area contributed by atoms with E-state index in [-0.39, 0.29) is 24.1 Å². The lowest BCUT2D eigenvalue weighted by molar-refractivity contribution is -0.127. The summed E-state index contributed by atoms with van der Waals surface area (Å²) < 4.78 is 0. The average Bonchev–Trinajstić information content (AvgIpc) is 2.86. The molecule has 0 bridgehead atoms. The number of aliphatic hydroxyl groups is 1. The molecule has 0 aromatic rings. The van der Waals surface area contributed by atoms with Crippen molar-refractivity contribution >= 4 is 11.6 Å². The van der Waals surface area contributed by atoms with E-state index in [1.54, 1.807) is 0 Å². The fourth-order valence-corrected chi connectivity index (χ4v) is 5.08. The van der Waals surface area contributed by atoms with Gasteiger partial charge in [-0.25, -0.2) is 0 Å². The van der Waals surface area contributed by atoms with Crippen molar-refractivity contribution in [1.29, 1.82) is 0 Å². The molecular weight excluding hydrogens is 444 g/mol. The second kappa shape index (κ2) is 28.9. The average molecular weight is 509 g/mol. The molecule has 0 aromatic carbocycles. The summed E-state index contributed by atoms with van der Waals surface area (Å²) in [6.45, 7) is 4.43. The van der Waals surface area contributed by atoms with Crippen LogP contribution in [-0.2, 0) is 9.59 Å². The first-order chi connectivity index (χ1) is 17.6. The zero-order valence-electron chi connectivity index (χ0n) is 24.6. The van der Waals surface area contributed by atoms with Gasteiger partial charge in [0.1, 0.15) is 11.6 Å². The van der Waals surface area contributed by atoms with Crippen LogP contribution in [0.2, 0.25) is 0 Å². The van der Waals surface area contributed by atoms with E-state index < -0.39 is 0 Å². The van der Waals surface area contributed by atoms with Crippen LogP contribution in [0.3, 0.4) is 0 Å². The summed E-state index contributed by atoms with van der Waals surface area (Å²) in [7, 11) is 0. The number of unbranched alkanes of at least 4 members (excludes halogenated alkanes) is 20. The fourth-order valence-electron chi connectivity index (χ4n) is 5.08. The normalized spacial score (nSPS) is 12.2.